The highest BCUT2D eigenvalue weighted by molar-refractivity contribution is 5.15. The minimum atomic E-state index is 0. The van der Waals surface area contributed by atoms with Crippen molar-refractivity contribution in [2.45, 2.75) is 13.1 Å². The smallest absolute Gasteiger partial charge is 0.0206 e. The van der Waals surface area contributed by atoms with Crippen LogP contribution >= 0.6 is 0 Å². The van der Waals surface area contributed by atoms with Crippen LogP contribution < -0.4 is 22.9 Å². The summed E-state index contributed by atoms with van der Waals surface area (Å²) in [6.45, 7) is 3.85. The lowest BCUT2D eigenvalue weighted by Crippen LogP contribution is -2.26. The Kier molecular flexibility index (Phi) is 10.2. The van der Waals surface area contributed by atoms with Gasteiger partial charge in [-0.1, -0.05) is 60.7 Å². The fraction of sp³-hybridized carbons (Fsp3) is 0.250. The molecule has 0 unspecified atom stereocenters. The van der Waals surface area contributed by atoms with Gasteiger partial charge in [0.05, 0.1) is 0 Å². The molecule has 0 spiro atoms. The van der Waals surface area contributed by atoms with E-state index in [4.69, 9.17) is 0 Å². The average Bonchev–Trinajstić information content (AvgIpc) is 2.45. The van der Waals surface area contributed by atoms with E-state index < -0.39 is 0 Å². The van der Waals surface area contributed by atoms with Gasteiger partial charge in [0.2, 0.25) is 0 Å². The third-order valence-corrected chi connectivity index (χ3v) is 2.82. The minimum Gasteiger partial charge on any atom is -0.344 e. The van der Waals surface area contributed by atoms with Crippen LogP contribution in [0.3, 0.4) is 0 Å². The largest absolute Gasteiger partial charge is 0.344 e. The molecule has 4 nitrogen and oxygen atoms in total. The molecule has 0 aliphatic rings. The Labute approximate surface area is 121 Å². The molecular formula is C16H26N4. The molecule has 0 aliphatic heterocycles. The van der Waals surface area contributed by atoms with Crippen LogP contribution in [0.4, 0.5) is 0 Å². The predicted molar refractivity (Wildman–Crippen MR) is 86.3 cm³/mol. The van der Waals surface area contributed by atoms with E-state index in [1.807, 2.05) is 12.1 Å². The third-order valence-electron chi connectivity index (χ3n) is 2.82. The van der Waals surface area contributed by atoms with Crippen molar-refractivity contribution in [3.8, 4) is 0 Å². The summed E-state index contributed by atoms with van der Waals surface area (Å²) in [5.74, 6) is 0. The topological polar surface area (TPSA) is 94.1 Å². The molecule has 8 N–H and O–H groups in total. The van der Waals surface area contributed by atoms with Crippen LogP contribution in [-0.2, 0) is 13.1 Å². The molecule has 0 radical (unpaired) electrons. The summed E-state index contributed by atoms with van der Waals surface area (Å²) in [5, 5.41) is 6.85. The lowest BCUT2D eigenvalue weighted by Gasteiger charge is -2.06. The van der Waals surface area contributed by atoms with Crippen molar-refractivity contribution in [1.82, 2.24) is 22.9 Å². The van der Waals surface area contributed by atoms with Gasteiger partial charge in [0.1, 0.15) is 0 Å². The second kappa shape index (κ2) is 11.1. The molecule has 20 heavy (non-hydrogen) atoms. The van der Waals surface area contributed by atoms with Gasteiger partial charge in [-0.05, 0) is 11.1 Å². The van der Waals surface area contributed by atoms with Gasteiger partial charge in [0.15, 0.2) is 0 Å². The van der Waals surface area contributed by atoms with E-state index in [1.54, 1.807) is 0 Å². The molecule has 2 aromatic carbocycles. The molecule has 0 saturated heterocycles. The zero-order chi connectivity index (χ0) is 12.5. The van der Waals surface area contributed by atoms with Crippen LogP contribution in [-0.4, -0.2) is 13.1 Å². The van der Waals surface area contributed by atoms with Gasteiger partial charge >= 0.3 is 0 Å². The monoisotopic (exact) mass is 274 g/mol. The van der Waals surface area contributed by atoms with E-state index in [0.717, 1.165) is 26.2 Å². The zero-order valence-electron chi connectivity index (χ0n) is 12.0. The lowest BCUT2D eigenvalue weighted by atomic mass is 10.2. The summed E-state index contributed by atoms with van der Waals surface area (Å²) in [7, 11) is 0. The summed E-state index contributed by atoms with van der Waals surface area (Å²) >= 11 is 0. The molecule has 0 atom stereocenters. The van der Waals surface area contributed by atoms with Crippen LogP contribution in [0.1, 0.15) is 11.1 Å². The van der Waals surface area contributed by atoms with Crippen molar-refractivity contribution in [2.24, 2.45) is 0 Å². The van der Waals surface area contributed by atoms with Gasteiger partial charge in [0.25, 0.3) is 0 Å². The van der Waals surface area contributed by atoms with Gasteiger partial charge in [-0.3, -0.25) is 0 Å². The van der Waals surface area contributed by atoms with Gasteiger partial charge in [-0.2, -0.15) is 0 Å². The number of nitrogens with one attached hydrogen (secondary N) is 2. The van der Waals surface area contributed by atoms with E-state index in [9.17, 15) is 0 Å². The Hall–Kier alpha value is -1.72. The Bertz CT molecular complexity index is 387. The highest BCUT2D eigenvalue weighted by atomic mass is 14.9. The van der Waals surface area contributed by atoms with Crippen molar-refractivity contribution < 1.29 is 0 Å². The molecule has 0 heterocycles. The molecule has 4 heteroatoms. The van der Waals surface area contributed by atoms with E-state index >= 15 is 0 Å². The summed E-state index contributed by atoms with van der Waals surface area (Å²) in [5.41, 5.74) is 2.67. The predicted octanol–water partition coefficient (Wildman–Crippen LogP) is 2.89. The molecule has 2 rings (SSSR count). The van der Waals surface area contributed by atoms with E-state index in [1.165, 1.54) is 11.1 Å². The van der Waals surface area contributed by atoms with Crippen LogP contribution in [0, 0.1) is 0 Å². The maximum Gasteiger partial charge on any atom is 0.0206 e. The van der Waals surface area contributed by atoms with Gasteiger partial charge < -0.3 is 22.9 Å². The standard InChI is InChI=1S/C16H20N2.2H3N/c1-3-7-15(8-4-1)13-17-11-12-18-14-16-9-5-2-6-10-16;;/h1-10,17-18H,11-14H2;2*1H3. The van der Waals surface area contributed by atoms with Crippen molar-refractivity contribution in [1.29, 1.82) is 0 Å². The zero-order valence-corrected chi connectivity index (χ0v) is 12.0. The van der Waals surface area contributed by atoms with Crippen molar-refractivity contribution in [3.05, 3.63) is 71.8 Å². The normalized spacial score (nSPS) is 9.40. The maximum absolute atomic E-state index is 3.43. The Morgan fingerprint density at radius 3 is 1.25 bits per heavy atom. The van der Waals surface area contributed by atoms with Crippen molar-refractivity contribution in [3.63, 3.8) is 0 Å². The maximum atomic E-state index is 3.43. The number of hydrogen-bond acceptors (Lipinski definition) is 4. The third kappa shape index (κ3) is 7.01. The van der Waals surface area contributed by atoms with E-state index in [2.05, 4.69) is 59.2 Å². The molecule has 0 amide bonds. The molecule has 110 valence electrons. The van der Waals surface area contributed by atoms with Crippen LogP contribution in [0.25, 0.3) is 0 Å². The Morgan fingerprint density at radius 2 is 0.900 bits per heavy atom. The van der Waals surface area contributed by atoms with E-state index in [-0.39, 0.29) is 12.3 Å². The first-order valence-electron chi connectivity index (χ1n) is 6.44. The first-order valence-corrected chi connectivity index (χ1v) is 6.44. The molecule has 0 aromatic heterocycles. The Morgan fingerprint density at radius 1 is 0.550 bits per heavy atom. The number of rotatable bonds is 7. The molecule has 0 aliphatic carbocycles. The second-order valence-corrected chi connectivity index (χ2v) is 4.32. The SMILES string of the molecule is N.N.c1ccc(CNCCNCc2ccccc2)cc1. The fourth-order valence-electron chi connectivity index (χ4n) is 1.83. The van der Waals surface area contributed by atoms with Crippen LogP contribution in [0.5, 0.6) is 0 Å². The van der Waals surface area contributed by atoms with Crippen LogP contribution in [0.15, 0.2) is 60.7 Å². The summed E-state index contributed by atoms with van der Waals surface area (Å²) in [6, 6.07) is 21.0. The summed E-state index contributed by atoms with van der Waals surface area (Å²) in [6.07, 6.45) is 0. The van der Waals surface area contributed by atoms with Gasteiger partial charge in [-0.25, -0.2) is 0 Å². The van der Waals surface area contributed by atoms with E-state index in [0.29, 0.717) is 0 Å². The molecule has 0 fully saturated rings. The first kappa shape index (κ1) is 18.3. The lowest BCUT2D eigenvalue weighted by molar-refractivity contribution is 0.611. The fourth-order valence-corrected chi connectivity index (χ4v) is 1.83. The molecular weight excluding hydrogens is 248 g/mol. The number of benzene rings is 2. The first-order chi connectivity index (χ1) is 8.95. The summed E-state index contributed by atoms with van der Waals surface area (Å²) < 4.78 is 0. The quantitative estimate of drug-likeness (QED) is 0.584. The minimum absolute atomic E-state index is 0. The van der Waals surface area contributed by atoms with Crippen molar-refractivity contribution >= 4 is 0 Å². The number of hydrogen-bond donors (Lipinski definition) is 4. The van der Waals surface area contributed by atoms with Crippen molar-refractivity contribution in [2.75, 3.05) is 13.1 Å². The highest BCUT2D eigenvalue weighted by Gasteiger charge is 1.92. The van der Waals surface area contributed by atoms with Gasteiger partial charge in [-0.15, -0.1) is 0 Å². The summed E-state index contributed by atoms with van der Waals surface area (Å²) in [4.78, 5) is 0. The Balaban J connectivity index is 0.00000180. The average molecular weight is 274 g/mol. The second-order valence-electron chi connectivity index (χ2n) is 4.32. The molecule has 0 bridgehead atoms. The molecule has 2 aromatic rings. The van der Waals surface area contributed by atoms with Gasteiger partial charge in [0, 0.05) is 26.2 Å². The molecule has 0 saturated carbocycles. The van der Waals surface area contributed by atoms with Crippen LogP contribution in [0.2, 0.25) is 0 Å². The highest BCUT2D eigenvalue weighted by Crippen LogP contribution is 1.97.